The molecule has 0 aromatic rings. The van der Waals surface area contributed by atoms with Crippen molar-refractivity contribution < 1.29 is 9.59 Å². The summed E-state index contributed by atoms with van der Waals surface area (Å²) in [6.45, 7) is 7.71. The molecule has 128 valence electrons. The summed E-state index contributed by atoms with van der Waals surface area (Å²) >= 11 is 0. The van der Waals surface area contributed by atoms with Gasteiger partial charge in [-0.25, -0.2) is 0 Å². The van der Waals surface area contributed by atoms with Gasteiger partial charge in [0.15, 0.2) is 0 Å². The van der Waals surface area contributed by atoms with Crippen molar-refractivity contribution in [2.24, 2.45) is 11.8 Å². The van der Waals surface area contributed by atoms with Gasteiger partial charge in [0, 0.05) is 25.6 Å². The van der Waals surface area contributed by atoms with Crippen LogP contribution in [0.5, 0.6) is 0 Å². The van der Waals surface area contributed by atoms with Gasteiger partial charge in [-0.2, -0.15) is 0 Å². The molecular formula is C16H30ClN3O2. The maximum absolute atomic E-state index is 12.2. The molecule has 2 saturated heterocycles. The minimum Gasteiger partial charge on any atom is -0.356 e. The smallest absolute Gasteiger partial charge is 0.225 e. The van der Waals surface area contributed by atoms with Crippen molar-refractivity contribution in [3.05, 3.63) is 0 Å². The Morgan fingerprint density at radius 2 is 2.14 bits per heavy atom. The van der Waals surface area contributed by atoms with Crippen molar-refractivity contribution in [1.82, 2.24) is 15.5 Å². The van der Waals surface area contributed by atoms with Crippen molar-refractivity contribution >= 4 is 24.2 Å². The van der Waals surface area contributed by atoms with Crippen molar-refractivity contribution in [3.8, 4) is 0 Å². The molecule has 5 nitrogen and oxygen atoms in total. The normalized spacial score (nSPS) is 24.7. The molecule has 0 radical (unpaired) electrons. The van der Waals surface area contributed by atoms with Crippen LogP contribution in [0, 0.1) is 11.8 Å². The Bertz CT molecular complexity index is 368. The van der Waals surface area contributed by atoms with Gasteiger partial charge in [-0.1, -0.05) is 13.8 Å². The molecule has 2 aliphatic rings. The number of likely N-dealkylation sites (tertiary alicyclic amines) is 1. The second-order valence-corrected chi connectivity index (χ2v) is 6.36. The van der Waals surface area contributed by atoms with E-state index in [1.165, 1.54) is 6.42 Å². The zero-order valence-electron chi connectivity index (χ0n) is 13.8. The number of amides is 2. The molecule has 2 fully saturated rings. The van der Waals surface area contributed by atoms with Gasteiger partial charge in [-0.05, 0) is 44.7 Å². The molecule has 2 rings (SSSR count). The van der Waals surface area contributed by atoms with Crippen LogP contribution in [0.25, 0.3) is 0 Å². The molecule has 0 aliphatic carbocycles. The maximum atomic E-state index is 12.2. The molecule has 6 heteroatoms. The summed E-state index contributed by atoms with van der Waals surface area (Å²) < 4.78 is 0. The quantitative estimate of drug-likeness (QED) is 0.744. The largest absolute Gasteiger partial charge is 0.356 e. The fourth-order valence-corrected chi connectivity index (χ4v) is 3.49. The van der Waals surface area contributed by atoms with E-state index >= 15 is 0 Å². The molecule has 2 N–H and O–H groups in total. The summed E-state index contributed by atoms with van der Waals surface area (Å²) in [5.41, 5.74) is 0. The average Bonchev–Trinajstić information content (AvgIpc) is 3.11. The van der Waals surface area contributed by atoms with Crippen LogP contribution < -0.4 is 10.6 Å². The van der Waals surface area contributed by atoms with Gasteiger partial charge in [0.2, 0.25) is 11.8 Å². The highest BCUT2D eigenvalue weighted by Crippen LogP contribution is 2.23. The molecule has 0 aromatic heterocycles. The van der Waals surface area contributed by atoms with Crippen LogP contribution in [0.4, 0.5) is 0 Å². The van der Waals surface area contributed by atoms with Crippen LogP contribution >= 0.6 is 12.4 Å². The molecule has 2 atom stereocenters. The molecule has 22 heavy (non-hydrogen) atoms. The highest BCUT2D eigenvalue weighted by molar-refractivity contribution is 5.89. The van der Waals surface area contributed by atoms with Crippen LogP contribution in [-0.4, -0.2) is 48.9 Å². The summed E-state index contributed by atoms with van der Waals surface area (Å²) in [5.74, 6) is 0.739. The Kier molecular flexibility index (Phi) is 8.18. The zero-order chi connectivity index (χ0) is 15.2. The number of hydrogen-bond acceptors (Lipinski definition) is 3. The van der Waals surface area contributed by atoms with E-state index in [9.17, 15) is 9.59 Å². The molecule has 0 spiro atoms. The fourth-order valence-electron chi connectivity index (χ4n) is 3.49. The number of halogens is 1. The highest BCUT2D eigenvalue weighted by atomic mass is 35.5. The predicted octanol–water partition coefficient (Wildman–Crippen LogP) is 1.56. The van der Waals surface area contributed by atoms with Crippen molar-refractivity contribution in [3.63, 3.8) is 0 Å². The molecular weight excluding hydrogens is 302 g/mol. The van der Waals surface area contributed by atoms with Gasteiger partial charge < -0.3 is 15.5 Å². The number of hydrogen-bond donors (Lipinski definition) is 2. The predicted molar refractivity (Wildman–Crippen MR) is 90.0 cm³/mol. The Morgan fingerprint density at radius 1 is 1.41 bits per heavy atom. The van der Waals surface area contributed by atoms with E-state index < -0.39 is 0 Å². The summed E-state index contributed by atoms with van der Waals surface area (Å²) in [7, 11) is 0. The number of nitrogens with one attached hydrogen (secondary N) is 2. The Balaban J connectivity index is 0.00000242. The molecule has 0 aromatic carbocycles. The topological polar surface area (TPSA) is 61.4 Å². The van der Waals surface area contributed by atoms with Gasteiger partial charge in [-0.3, -0.25) is 9.59 Å². The second-order valence-electron chi connectivity index (χ2n) is 6.36. The summed E-state index contributed by atoms with van der Waals surface area (Å²) in [6.07, 6.45) is 4.56. The second kappa shape index (κ2) is 9.36. The first-order valence-electron chi connectivity index (χ1n) is 8.43. The highest BCUT2D eigenvalue weighted by Gasteiger charge is 2.36. The van der Waals surface area contributed by atoms with E-state index in [4.69, 9.17) is 0 Å². The van der Waals surface area contributed by atoms with E-state index in [1.807, 2.05) is 4.90 Å². The van der Waals surface area contributed by atoms with E-state index in [0.717, 1.165) is 38.9 Å². The lowest BCUT2D eigenvalue weighted by atomic mass is 10.0. The lowest BCUT2D eigenvalue weighted by Gasteiger charge is -2.26. The average molecular weight is 332 g/mol. The monoisotopic (exact) mass is 331 g/mol. The number of rotatable bonds is 7. The van der Waals surface area contributed by atoms with Crippen molar-refractivity contribution in [1.29, 1.82) is 0 Å². The molecule has 2 unspecified atom stereocenters. The molecule has 2 heterocycles. The Labute approximate surface area is 140 Å². The molecule has 2 aliphatic heterocycles. The lowest BCUT2D eigenvalue weighted by molar-refractivity contribution is -0.130. The third kappa shape index (κ3) is 4.85. The zero-order valence-corrected chi connectivity index (χ0v) is 14.6. The lowest BCUT2D eigenvalue weighted by Crippen LogP contribution is -2.38. The van der Waals surface area contributed by atoms with Crippen LogP contribution in [0.2, 0.25) is 0 Å². The van der Waals surface area contributed by atoms with Gasteiger partial charge in [0.25, 0.3) is 0 Å². The number of nitrogens with zero attached hydrogens (tertiary/aromatic N) is 1. The minimum absolute atomic E-state index is 0. The Hall–Kier alpha value is -0.810. The van der Waals surface area contributed by atoms with Crippen LogP contribution in [0.3, 0.4) is 0 Å². The van der Waals surface area contributed by atoms with Gasteiger partial charge in [0.1, 0.15) is 0 Å². The van der Waals surface area contributed by atoms with E-state index in [-0.39, 0.29) is 30.1 Å². The summed E-state index contributed by atoms with van der Waals surface area (Å²) in [5, 5.41) is 6.36. The van der Waals surface area contributed by atoms with Crippen molar-refractivity contribution in [2.45, 2.75) is 52.0 Å². The standard InChI is InChI=1S/C16H29N3O2.ClH/c1-3-14(4-2)19-11-13(9-15(19)20)16(21)18-8-6-12-5-7-17-10-12;/h12-14,17H,3-11H2,1-2H3,(H,18,21);1H. The molecule has 0 bridgehead atoms. The first-order valence-corrected chi connectivity index (χ1v) is 8.43. The van der Waals surface area contributed by atoms with Crippen molar-refractivity contribution in [2.75, 3.05) is 26.2 Å². The summed E-state index contributed by atoms with van der Waals surface area (Å²) in [6, 6.07) is 0.292. The van der Waals surface area contributed by atoms with Gasteiger partial charge in [0.05, 0.1) is 5.92 Å². The Morgan fingerprint density at radius 3 is 2.73 bits per heavy atom. The molecule has 2 amide bonds. The van der Waals surface area contributed by atoms with E-state index in [0.29, 0.717) is 24.9 Å². The summed E-state index contributed by atoms with van der Waals surface area (Å²) in [4.78, 5) is 26.2. The SMILES string of the molecule is CCC(CC)N1CC(C(=O)NCCC2CCNC2)CC1=O.Cl. The minimum atomic E-state index is -0.153. The first-order chi connectivity index (χ1) is 10.2. The van der Waals surface area contributed by atoms with Crippen LogP contribution in [0.1, 0.15) is 46.0 Å². The third-order valence-corrected chi connectivity index (χ3v) is 4.93. The third-order valence-electron chi connectivity index (χ3n) is 4.93. The van der Waals surface area contributed by atoms with E-state index in [2.05, 4.69) is 24.5 Å². The maximum Gasteiger partial charge on any atom is 0.225 e. The number of carbonyl (C=O) groups excluding carboxylic acids is 2. The molecule has 0 saturated carbocycles. The van der Waals surface area contributed by atoms with Gasteiger partial charge in [-0.15, -0.1) is 12.4 Å². The van der Waals surface area contributed by atoms with Crippen LogP contribution in [-0.2, 0) is 9.59 Å². The first kappa shape index (κ1) is 19.2. The van der Waals surface area contributed by atoms with E-state index in [1.54, 1.807) is 0 Å². The fraction of sp³-hybridized carbons (Fsp3) is 0.875. The number of carbonyl (C=O) groups is 2. The van der Waals surface area contributed by atoms with Gasteiger partial charge >= 0.3 is 0 Å². The van der Waals surface area contributed by atoms with Crippen LogP contribution in [0.15, 0.2) is 0 Å².